The van der Waals surface area contributed by atoms with E-state index in [1.165, 1.54) is 0 Å². The summed E-state index contributed by atoms with van der Waals surface area (Å²) in [6, 6.07) is -1.19. The summed E-state index contributed by atoms with van der Waals surface area (Å²) in [6.07, 6.45) is 5.76. The number of nitrogens with two attached hydrogens (primary N) is 4. The average molecular weight is 525 g/mol. The molecule has 0 aromatic rings. The number of amides is 1. The lowest BCUT2D eigenvalue weighted by Crippen LogP contribution is -2.50. The summed E-state index contributed by atoms with van der Waals surface area (Å²) in [7, 11) is 0. The van der Waals surface area contributed by atoms with E-state index in [2.05, 4.69) is 15.6 Å². The van der Waals surface area contributed by atoms with Gasteiger partial charge in [0.05, 0.1) is 6.04 Å². The average Bonchev–Trinajstić information content (AvgIpc) is 2.70. The largest absolute Gasteiger partial charge is 0.381 e. The molecule has 0 bridgehead atoms. The lowest BCUT2D eigenvalue weighted by Gasteiger charge is -2.17. The fourth-order valence-electron chi connectivity index (χ4n) is 2.70. The smallest absolute Gasteiger partial charge is 0.250 e. The first-order valence-corrected chi connectivity index (χ1v) is 10.6. The van der Waals surface area contributed by atoms with Gasteiger partial charge < -0.3 is 38.7 Å². The molecule has 2 atom stereocenters. The van der Waals surface area contributed by atoms with Crippen molar-refractivity contribution in [2.24, 2.45) is 27.9 Å². The number of nitrogens with one attached hydrogen (secondary N) is 2. The standard InChI is InChI=1S/C19H41N7O3.3ClH/c20-10-8-12-24-11-6-7-13-25-18(29)17(28)16(21)15(27)9-4-2-1-3-5-14-26-19(22)23;;;/h16-17,24,28H,1-14,20-21H2,(H,25,29)(H4,22,23,26);3*1H. The molecule has 0 aromatic heterocycles. The molecule has 0 heterocycles. The number of halogens is 3. The van der Waals surface area contributed by atoms with Gasteiger partial charge in [-0.25, -0.2) is 0 Å². The molecule has 0 aliphatic rings. The Morgan fingerprint density at radius 1 is 0.844 bits per heavy atom. The molecule has 0 rings (SSSR count). The van der Waals surface area contributed by atoms with Crippen LogP contribution in [0.4, 0.5) is 0 Å². The number of unbranched alkanes of at least 4 members (excludes halogenated alkanes) is 5. The first-order valence-electron chi connectivity index (χ1n) is 10.6. The summed E-state index contributed by atoms with van der Waals surface area (Å²) >= 11 is 0. The number of hydrogen-bond donors (Lipinski definition) is 7. The molecule has 0 aromatic carbocycles. The number of carbonyl (C=O) groups excluding carboxylic acids is 2. The molecule has 11 N–H and O–H groups in total. The summed E-state index contributed by atoms with van der Waals surface area (Å²) in [5.74, 6) is -0.790. The Labute approximate surface area is 210 Å². The van der Waals surface area contributed by atoms with Crippen molar-refractivity contribution >= 4 is 54.9 Å². The normalized spacial score (nSPS) is 11.7. The van der Waals surface area contributed by atoms with Crippen LogP contribution in [0.25, 0.3) is 0 Å². The van der Waals surface area contributed by atoms with Crippen molar-refractivity contribution in [1.82, 2.24) is 10.6 Å². The van der Waals surface area contributed by atoms with Crippen LogP contribution in [0.5, 0.6) is 0 Å². The van der Waals surface area contributed by atoms with Crippen LogP contribution in [0.3, 0.4) is 0 Å². The lowest BCUT2D eigenvalue weighted by atomic mass is 10.0. The van der Waals surface area contributed by atoms with Gasteiger partial charge in [-0.05, 0) is 51.7 Å². The minimum atomic E-state index is -1.51. The Morgan fingerprint density at radius 3 is 2.03 bits per heavy atom. The number of ketones is 1. The molecule has 13 heteroatoms. The van der Waals surface area contributed by atoms with Gasteiger partial charge in [0.15, 0.2) is 17.8 Å². The second-order valence-corrected chi connectivity index (χ2v) is 7.15. The van der Waals surface area contributed by atoms with E-state index in [9.17, 15) is 14.7 Å². The van der Waals surface area contributed by atoms with E-state index >= 15 is 0 Å². The van der Waals surface area contributed by atoms with Crippen LogP contribution in [0.1, 0.15) is 57.8 Å². The first-order chi connectivity index (χ1) is 13.9. The van der Waals surface area contributed by atoms with Crippen LogP contribution < -0.4 is 33.6 Å². The Bertz CT molecular complexity index is 485. The molecule has 0 radical (unpaired) electrons. The molecule has 0 saturated heterocycles. The lowest BCUT2D eigenvalue weighted by molar-refractivity contribution is -0.135. The van der Waals surface area contributed by atoms with E-state index in [1.54, 1.807) is 0 Å². The first kappa shape index (κ1) is 38.4. The molecule has 32 heavy (non-hydrogen) atoms. The molecule has 0 aliphatic carbocycles. The van der Waals surface area contributed by atoms with Crippen molar-refractivity contribution in [3.05, 3.63) is 0 Å². The van der Waals surface area contributed by atoms with Crippen LogP contribution in [-0.4, -0.2) is 67.6 Å². The summed E-state index contributed by atoms with van der Waals surface area (Å²) < 4.78 is 0. The highest BCUT2D eigenvalue weighted by Crippen LogP contribution is 2.08. The van der Waals surface area contributed by atoms with E-state index in [4.69, 9.17) is 22.9 Å². The number of rotatable bonds is 19. The molecule has 0 saturated carbocycles. The Morgan fingerprint density at radius 2 is 1.41 bits per heavy atom. The van der Waals surface area contributed by atoms with Gasteiger partial charge in [0.2, 0.25) is 0 Å². The molecule has 2 unspecified atom stereocenters. The fourth-order valence-corrected chi connectivity index (χ4v) is 2.70. The van der Waals surface area contributed by atoms with Gasteiger partial charge in [0.1, 0.15) is 0 Å². The molecule has 0 aliphatic heterocycles. The van der Waals surface area contributed by atoms with Crippen molar-refractivity contribution in [1.29, 1.82) is 0 Å². The van der Waals surface area contributed by atoms with Crippen molar-refractivity contribution in [3.8, 4) is 0 Å². The Kier molecular flexibility index (Phi) is 31.6. The van der Waals surface area contributed by atoms with E-state index < -0.39 is 18.1 Å². The van der Waals surface area contributed by atoms with Crippen LogP contribution >= 0.6 is 37.2 Å². The molecule has 10 nitrogen and oxygen atoms in total. The zero-order chi connectivity index (χ0) is 21.9. The molecule has 194 valence electrons. The van der Waals surface area contributed by atoms with E-state index in [0.29, 0.717) is 26.1 Å². The summed E-state index contributed by atoms with van der Waals surface area (Å²) in [5, 5.41) is 15.9. The van der Waals surface area contributed by atoms with Crippen molar-refractivity contribution in [2.75, 3.05) is 32.7 Å². The summed E-state index contributed by atoms with van der Waals surface area (Å²) in [6.45, 7) is 3.45. The maximum atomic E-state index is 12.1. The highest BCUT2D eigenvalue weighted by molar-refractivity contribution is 5.92. The predicted octanol–water partition coefficient (Wildman–Crippen LogP) is -0.0421. The maximum absolute atomic E-state index is 12.1. The Balaban J connectivity index is -0.00000131. The predicted molar refractivity (Wildman–Crippen MR) is 138 cm³/mol. The third-order valence-electron chi connectivity index (χ3n) is 4.49. The van der Waals surface area contributed by atoms with Crippen LogP contribution in [-0.2, 0) is 9.59 Å². The van der Waals surface area contributed by atoms with Crippen molar-refractivity contribution in [3.63, 3.8) is 0 Å². The SMILES string of the molecule is Cl.Cl.Cl.NCCCNCCCCNC(=O)C(O)C(N)C(=O)CCCCCCCN=C(N)N. The number of aliphatic hydroxyl groups excluding tert-OH is 1. The monoisotopic (exact) mass is 523 g/mol. The van der Waals surface area contributed by atoms with E-state index in [0.717, 1.165) is 58.0 Å². The third-order valence-corrected chi connectivity index (χ3v) is 4.49. The summed E-state index contributed by atoms with van der Waals surface area (Å²) in [4.78, 5) is 27.9. The quantitative estimate of drug-likeness (QED) is 0.0694. The number of guanidine groups is 1. The minimum Gasteiger partial charge on any atom is -0.381 e. The number of aliphatic hydroxyl groups is 1. The topological polar surface area (TPSA) is 195 Å². The zero-order valence-electron chi connectivity index (χ0n) is 18.8. The molecule has 0 spiro atoms. The number of nitrogens with zero attached hydrogens (tertiary/aromatic N) is 1. The van der Waals surface area contributed by atoms with Gasteiger partial charge in [-0.1, -0.05) is 19.3 Å². The van der Waals surface area contributed by atoms with Gasteiger partial charge in [0.25, 0.3) is 5.91 Å². The number of hydrogen-bond acceptors (Lipinski definition) is 7. The number of Topliss-reactive ketones (excluding diaryl/α,β-unsaturated/α-hetero) is 1. The highest BCUT2D eigenvalue weighted by atomic mass is 35.5. The van der Waals surface area contributed by atoms with Crippen LogP contribution in [0.15, 0.2) is 4.99 Å². The van der Waals surface area contributed by atoms with Gasteiger partial charge in [-0.3, -0.25) is 14.6 Å². The number of carbonyl (C=O) groups is 2. The van der Waals surface area contributed by atoms with Gasteiger partial charge in [0, 0.05) is 19.5 Å². The summed E-state index contributed by atoms with van der Waals surface area (Å²) in [5.41, 5.74) is 21.6. The highest BCUT2D eigenvalue weighted by Gasteiger charge is 2.27. The second-order valence-electron chi connectivity index (χ2n) is 7.15. The second kappa shape index (κ2) is 26.4. The maximum Gasteiger partial charge on any atom is 0.250 e. The van der Waals surface area contributed by atoms with Crippen molar-refractivity contribution < 1.29 is 14.7 Å². The van der Waals surface area contributed by atoms with Gasteiger partial charge in [-0.15, -0.1) is 37.2 Å². The van der Waals surface area contributed by atoms with Crippen molar-refractivity contribution in [2.45, 2.75) is 69.9 Å². The van der Waals surface area contributed by atoms with E-state index in [1.807, 2.05) is 0 Å². The molecular weight excluding hydrogens is 481 g/mol. The van der Waals surface area contributed by atoms with Crippen LogP contribution in [0.2, 0.25) is 0 Å². The molecular formula is C19H44Cl3N7O3. The van der Waals surface area contributed by atoms with Gasteiger partial charge >= 0.3 is 0 Å². The zero-order valence-corrected chi connectivity index (χ0v) is 21.2. The molecule has 0 fully saturated rings. The Hall–Kier alpha value is -0.880. The van der Waals surface area contributed by atoms with Gasteiger partial charge in [-0.2, -0.15) is 0 Å². The minimum absolute atomic E-state index is 0. The van der Waals surface area contributed by atoms with E-state index in [-0.39, 0.29) is 55.4 Å². The fraction of sp³-hybridized carbons (Fsp3) is 0.842. The molecule has 1 amide bonds. The number of aliphatic imine (C=N–C) groups is 1. The third kappa shape index (κ3) is 22.3. The van der Waals surface area contributed by atoms with Crippen LogP contribution in [0, 0.1) is 0 Å².